The Kier molecular flexibility index (Phi) is 3.42. The zero-order valence-corrected chi connectivity index (χ0v) is 10.1. The Morgan fingerprint density at radius 3 is 2.74 bits per heavy atom. The van der Waals surface area contributed by atoms with E-state index in [4.69, 9.17) is 17.2 Å². The van der Waals surface area contributed by atoms with Gasteiger partial charge in [0.25, 0.3) is 5.91 Å². The van der Waals surface area contributed by atoms with Crippen molar-refractivity contribution in [1.29, 1.82) is 0 Å². The van der Waals surface area contributed by atoms with Crippen molar-refractivity contribution in [3.63, 3.8) is 0 Å². The van der Waals surface area contributed by atoms with Crippen molar-refractivity contribution in [1.82, 2.24) is 4.98 Å². The number of primary amides is 1. The minimum absolute atomic E-state index is 0.00807. The molecule has 19 heavy (non-hydrogen) atoms. The number of carbonyl (C=O) groups excluding carboxylic acids is 1. The van der Waals surface area contributed by atoms with E-state index >= 15 is 0 Å². The van der Waals surface area contributed by atoms with Crippen LogP contribution >= 0.6 is 0 Å². The third-order valence-corrected chi connectivity index (χ3v) is 2.54. The van der Waals surface area contributed by atoms with Gasteiger partial charge in [0.15, 0.2) is 0 Å². The van der Waals surface area contributed by atoms with E-state index in [0.29, 0.717) is 5.69 Å². The van der Waals surface area contributed by atoms with E-state index in [-0.39, 0.29) is 11.4 Å². The highest BCUT2D eigenvalue weighted by Gasteiger charge is 2.09. The van der Waals surface area contributed by atoms with Crippen molar-refractivity contribution in [2.75, 3.05) is 0 Å². The average molecular weight is 255 g/mol. The van der Waals surface area contributed by atoms with Crippen molar-refractivity contribution in [2.45, 2.75) is 0 Å². The fraction of sp³-hybridized carbons (Fsp3) is 0. The zero-order valence-electron chi connectivity index (χ0n) is 10.1. The standard InChI is InChI=1S/C13H13N5O/c14-7-10(13(16)19)12(15)18-9-3-4-11-8(6-9)2-1-5-17-11/h1-7H,14H2,(H2,15,18)(H2,16,19). The Morgan fingerprint density at radius 1 is 1.26 bits per heavy atom. The van der Waals surface area contributed by atoms with Gasteiger partial charge in [0.05, 0.1) is 16.8 Å². The van der Waals surface area contributed by atoms with E-state index in [1.54, 1.807) is 12.3 Å². The number of hydrogen-bond donors (Lipinski definition) is 3. The van der Waals surface area contributed by atoms with Crippen LogP contribution in [0.2, 0.25) is 0 Å². The van der Waals surface area contributed by atoms with Crippen LogP contribution in [0.25, 0.3) is 10.9 Å². The van der Waals surface area contributed by atoms with Crippen LogP contribution in [0.15, 0.2) is 53.3 Å². The summed E-state index contributed by atoms with van der Waals surface area (Å²) in [4.78, 5) is 19.4. The SMILES string of the molecule is NC=C(C(N)=O)C(N)=Nc1ccc2ncccc2c1. The van der Waals surface area contributed by atoms with Crippen molar-refractivity contribution in [3.05, 3.63) is 48.3 Å². The highest BCUT2D eigenvalue weighted by atomic mass is 16.1. The Bertz CT molecular complexity index is 690. The predicted molar refractivity (Wildman–Crippen MR) is 74.5 cm³/mol. The maximum absolute atomic E-state index is 11.1. The summed E-state index contributed by atoms with van der Waals surface area (Å²) in [5.74, 6) is -0.732. The van der Waals surface area contributed by atoms with Crippen molar-refractivity contribution in [2.24, 2.45) is 22.2 Å². The second kappa shape index (κ2) is 5.18. The molecule has 0 saturated carbocycles. The van der Waals surface area contributed by atoms with Gasteiger partial charge in [0.2, 0.25) is 0 Å². The second-order valence-corrected chi connectivity index (χ2v) is 3.82. The van der Waals surface area contributed by atoms with Crippen LogP contribution in [0.4, 0.5) is 5.69 Å². The van der Waals surface area contributed by atoms with Crippen LogP contribution < -0.4 is 17.2 Å². The highest BCUT2D eigenvalue weighted by molar-refractivity contribution is 6.20. The number of amidine groups is 1. The number of hydrogen-bond acceptors (Lipinski definition) is 4. The first-order chi connectivity index (χ1) is 9.11. The molecule has 1 amide bonds. The molecule has 96 valence electrons. The van der Waals surface area contributed by atoms with Gasteiger partial charge in [0.1, 0.15) is 5.84 Å². The van der Waals surface area contributed by atoms with E-state index in [2.05, 4.69) is 9.98 Å². The lowest BCUT2D eigenvalue weighted by atomic mass is 10.2. The number of nitrogens with zero attached hydrogens (tertiary/aromatic N) is 2. The summed E-state index contributed by atoms with van der Waals surface area (Å²) < 4.78 is 0. The lowest BCUT2D eigenvalue weighted by molar-refractivity contribution is -0.114. The number of carbonyl (C=O) groups is 1. The van der Waals surface area contributed by atoms with Crippen molar-refractivity contribution < 1.29 is 4.79 Å². The molecule has 2 rings (SSSR count). The summed E-state index contributed by atoms with van der Waals surface area (Å²) in [5.41, 5.74) is 17.5. The molecule has 0 fully saturated rings. The summed E-state index contributed by atoms with van der Waals surface area (Å²) in [5, 5.41) is 0.925. The molecule has 0 aliphatic rings. The molecule has 1 heterocycles. The van der Waals surface area contributed by atoms with Gasteiger partial charge in [0, 0.05) is 17.8 Å². The van der Waals surface area contributed by atoms with Crippen LogP contribution in [0, 0.1) is 0 Å². The van der Waals surface area contributed by atoms with E-state index in [1.165, 1.54) is 0 Å². The van der Waals surface area contributed by atoms with Gasteiger partial charge < -0.3 is 17.2 Å². The molecule has 0 bridgehead atoms. The van der Waals surface area contributed by atoms with Crippen LogP contribution in [-0.4, -0.2) is 16.7 Å². The molecule has 6 N–H and O–H groups in total. The number of benzene rings is 1. The molecule has 0 spiro atoms. The van der Waals surface area contributed by atoms with E-state index in [1.807, 2.05) is 24.3 Å². The van der Waals surface area contributed by atoms with Gasteiger partial charge in [-0.15, -0.1) is 0 Å². The Balaban J connectivity index is 2.42. The third-order valence-electron chi connectivity index (χ3n) is 2.54. The Labute approximate surface area is 109 Å². The third kappa shape index (κ3) is 2.68. The predicted octanol–water partition coefficient (Wildman–Crippen LogP) is 0.551. The maximum Gasteiger partial charge on any atom is 0.253 e. The van der Waals surface area contributed by atoms with Crippen molar-refractivity contribution in [3.8, 4) is 0 Å². The molecule has 0 saturated heterocycles. The Morgan fingerprint density at radius 2 is 2.05 bits per heavy atom. The first kappa shape index (κ1) is 12.6. The summed E-state index contributed by atoms with van der Waals surface area (Å²) in [6.45, 7) is 0. The van der Waals surface area contributed by atoms with E-state index in [0.717, 1.165) is 17.1 Å². The monoisotopic (exact) mass is 255 g/mol. The van der Waals surface area contributed by atoms with Crippen LogP contribution in [0.5, 0.6) is 0 Å². The fourth-order valence-electron chi connectivity index (χ4n) is 1.63. The van der Waals surface area contributed by atoms with E-state index in [9.17, 15) is 4.79 Å². The smallest absolute Gasteiger partial charge is 0.253 e. The topological polar surface area (TPSA) is 120 Å². The molecule has 0 atom stereocenters. The lowest BCUT2D eigenvalue weighted by Gasteiger charge is -2.03. The lowest BCUT2D eigenvalue weighted by Crippen LogP contribution is -2.27. The summed E-state index contributed by atoms with van der Waals surface area (Å²) in [6.07, 6.45) is 2.76. The molecule has 1 aromatic carbocycles. The summed E-state index contributed by atoms with van der Waals surface area (Å²) >= 11 is 0. The zero-order chi connectivity index (χ0) is 13.8. The number of pyridine rings is 1. The molecule has 6 nitrogen and oxygen atoms in total. The van der Waals surface area contributed by atoms with Gasteiger partial charge in [-0.05, 0) is 24.3 Å². The van der Waals surface area contributed by atoms with E-state index < -0.39 is 5.91 Å². The number of aromatic nitrogens is 1. The largest absolute Gasteiger partial charge is 0.404 e. The molecular weight excluding hydrogens is 242 g/mol. The number of nitrogens with two attached hydrogens (primary N) is 3. The van der Waals surface area contributed by atoms with Gasteiger partial charge in [-0.1, -0.05) is 6.07 Å². The molecule has 0 unspecified atom stereocenters. The molecule has 2 aromatic rings. The molecule has 0 radical (unpaired) electrons. The first-order valence-electron chi connectivity index (χ1n) is 5.53. The molecule has 0 aliphatic heterocycles. The quantitative estimate of drug-likeness (QED) is 0.421. The molecule has 0 aliphatic carbocycles. The minimum Gasteiger partial charge on any atom is -0.404 e. The molecule has 1 aromatic heterocycles. The summed E-state index contributed by atoms with van der Waals surface area (Å²) in [7, 11) is 0. The highest BCUT2D eigenvalue weighted by Crippen LogP contribution is 2.19. The first-order valence-corrected chi connectivity index (χ1v) is 5.53. The molecular formula is C13H13N5O. The van der Waals surface area contributed by atoms with Crippen LogP contribution in [0.1, 0.15) is 0 Å². The average Bonchev–Trinajstić information content (AvgIpc) is 2.39. The molecule has 6 heteroatoms. The van der Waals surface area contributed by atoms with Crippen LogP contribution in [0.3, 0.4) is 0 Å². The minimum atomic E-state index is -0.716. The Hall–Kier alpha value is -2.89. The maximum atomic E-state index is 11.1. The number of amides is 1. The summed E-state index contributed by atoms with van der Waals surface area (Å²) in [6, 6.07) is 9.11. The van der Waals surface area contributed by atoms with Crippen molar-refractivity contribution >= 4 is 28.3 Å². The van der Waals surface area contributed by atoms with Gasteiger partial charge >= 0.3 is 0 Å². The normalized spacial score (nSPS) is 12.6. The van der Waals surface area contributed by atoms with Gasteiger partial charge in [-0.3, -0.25) is 9.78 Å². The van der Waals surface area contributed by atoms with Crippen LogP contribution in [-0.2, 0) is 4.79 Å². The van der Waals surface area contributed by atoms with Gasteiger partial charge in [-0.25, -0.2) is 4.99 Å². The number of rotatable bonds is 3. The fourth-order valence-corrected chi connectivity index (χ4v) is 1.63. The number of aliphatic imine (C=N–C) groups is 1. The number of fused-ring (bicyclic) bond motifs is 1. The second-order valence-electron chi connectivity index (χ2n) is 3.82. The van der Waals surface area contributed by atoms with Gasteiger partial charge in [-0.2, -0.15) is 0 Å².